The van der Waals surface area contributed by atoms with Gasteiger partial charge in [-0.05, 0) is 31.2 Å². The van der Waals surface area contributed by atoms with Gasteiger partial charge in [-0.2, -0.15) is 0 Å². The molecule has 0 saturated heterocycles. The molecule has 0 fully saturated rings. The second-order valence-electron chi connectivity index (χ2n) is 5.01. The van der Waals surface area contributed by atoms with Crippen molar-refractivity contribution in [3.8, 4) is 17.2 Å². The molecule has 0 radical (unpaired) electrons. The first-order chi connectivity index (χ1) is 11.8. The van der Waals surface area contributed by atoms with Crippen LogP contribution in [0, 0.1) is 0 Å². The van der Waals surface area contributed by atoms with E-state index in [2.05, 4.69) is 5.32 Å². The van der Waals surface area contributed by atoms with E-state index < -0.39 is 12.0 Å². The first-order valence-corrected chi connectivity index (χ1v) is 8.33. The molecule has 25 heavy (non-hydrogen) atoms. The van der Waals surface area contributed by atoms with Gasteiger partial charge in [-0.1, -0.05) is 34.8 Å². The molecular weight excluding hydrogens is 389 g/mol. The number of hydrogen-bond donors (Lipinski definition) is 1. The molecule has 1 amide bonds. The van der Waals surface area contributed by atoms with E-state index in [9.17, 15) is 4.79 Å². The molecule has 0 heterocycles. The van der Waals surface area contributed by atoms with Gasteiger partial charge in [0.05, 0.1) is 30.0 Å². The number of amides is 1. The van der Waals surface area contributed by atoms with Crippen LogP contribution in [0.3, 0.4) is 0 Å². The van der Waals surface area contributed by atoms with E-state index in [0.717, 1.165) is 0 Å². The molecular formula is C17H16Cl3NO4. The number of nitrogens with one attached hydrogen (secondary N) is 1. The van der Waals surface area contributed by atoms with Crippen LogP contribution in [0.1, 0.15) is 6.92 Å². The van der Waals surface area contributed by atoms with Crippen molar-refractivity contribution in [2.75, 3.05) is 19.5 Å². The van der Waals surface area contributed by atoms with Crippen LogP contribution >= 0.6 is 34.8 Å². The maximum Gasteiger partial charge on any atom is 0.265 e. The van der Waals surface area contributed by atoms with Crippen molar-refractivity contribution in [2.24, 2.45) is 0 Å². The molecule has 0 unspecified atom stereocenters. The zero-order valence-corrected chi connectivity index (χ0v) is 16.0. The maximum absolute atomic E-state index is 12.4. The Kier molecular flexibility index (Phi) is 6.64. The summed E-state index contributed by atoms with van der Waals surface area (Å²) in [4.78, 5) is 12.4. The van der Waals surface area contributed by atoms with E-state index in [1.807, 2.05) is 0 Å². The predicted octanol–water partition coefficient (Wildman–Crippen LogP) is 5.07. The van der Waals surface area contributed by atoms with E-state index in [4.69, 9.17) is 49.0 Å². The van der Waals surface area contributed by atoms with Crippen LogP contribution in [-0.4, -0.2) is 26.2 Å². The Balaban J connectivity index is 2.14. The highest BCUT2D eigenvalue weighted by atomic mass is 35.5. The fourth-order valence-corrected chi connectivity index (χ4v) is 2.70. The lowest BCUT2D eigenvalue weighted by molar-refractivity contribution is -0.122. The summed E-state index contributed by atoms with van der Waals surface area (Å²) >= 11 is 18.0. The number of benzene rings is 2. The molecule has 0 aliphatic heterocycles. The van der Waals surface area contributed by atoms with Gasteiger partial charge in [-0.25, -0.2) is 0 Å². The van der Waals surface area contributed by atoms with Crippen molar-refractivity contribution in [2.45, 2.75) is 13.0 Å². The minimum absolute atomic E-state index is 0.317. The summed E-state index contributed by atoms with van der Waals surface area (Å²) in [6, 6.07) is 7.88. The lowest BCUT2D eigenvalue weighted by Gasteiger charge is -2.17. The average molecular weight is 405 g/mol. The lowest BCUT2D eigenvalue weighted by atomic mass is 10.2. The Bertz CT molecular complexity index is 783. The Morgan fingerprint density at radius 2 is 1.60 bits per heavy atom. The quantitative estimate of drug-likeness (QED) is 0.730. The van der Waals surface area contributed by atoms with E-state index in [0.29, 0.717) is 38.0 Å². The highest BCUT2D eigenvalue weighted by Crippen LogP contribution is 2.36. The number of carbonyl (C=O) groups excluding carboxylic acids is 1. The molecule has 1 N–H and O–H groups in total. The molecule has 0 saturated carbocycles. The largest absolute Gasteiger partial charge is 0.495 e. The third kappa shape index (κ3) is 4.84. The molecule has 2 rings (SSSR count). The van der Waals surface area contributed by atoms with Crippen LogP contribution in [0.5, 0.6) is 17.2 Å². The Hall–Kier alpha value is -1.82. The number of anilines is 1. The molecule has 2 aromatic rings. The Labute approximate surface area is 160 Å². The SMILES string of the molecule is COc1cc(OC)c(NC(=O)[C@@H](C)Oc2ccc(Cl)cc2Cl)cc1Cl. The monoisotopic (exact) mass is 403 g/mol. The Morgan fingerprint density at radius 1 is 0.960 bits per heavy atom. The highest BCUT2D eigenvalue weighted by Gasteiger charge is 2.19. The summed E-state index contributed by atoms with van der Waals surface area (Å²) in [5, 5.41) is 3.84. The summed E-state index contributed by atoms with van der Waals surface area (Å²) in [7, 11) is 2.97. The topological polar surface area (TPSA) is 56.8 Å². The van der Waals surface area contributed by atoms with Gasteiger partial charge in [0.15, 0.2) is 6.10 Å². The van der Waals surface area contributed by atoms with Gasteiger partial charge in [0.25, 0.3) is 5.91 Å². The van der Waals surface area contributed by atoms with Crippen LogP contribution < -0.4 is 19.5 Å². The van der Waals surface area contributed by atoms with Crippen LogP contribution in [0.25, 0.3) is 0 Å². The van der Waals surface area contributed by atoms with Crippen molar-refractivity contribution in [3.63, 3.8) is 0 Å². The third-order valence-corrected chi connectivity index (χ3v) is 4.12. The van der Waals surface area contributed by atoms with Gasteiger partial charge < -0.3 is 19.5 Å². The zero-order chi connectivity index (χ0) is 18.6. The maximum atomic E-state index is 12.4. The number of halogens is 3. The van der Waals surface area contributed by atoms with Crippen molar-refractivity contribution in [3.05, 3.63) is 45.4 Å². The number of carbonyl (C=O) groups is 1. The lowest BCUT2D eigenvalue weighted by Crippen LogP contribution is -2.30. The summed E-state index contributed by atoms with van der Waals surface area (Å²) in [6.07, 6.45) is -0.816. The third-order valence-electron chi connectivity index (χ3n) is 3.30. The van der Waals surface area contributed by atoms with Gasteiger partial charge in [0.1, 0.15) is 17.2 Å². The van der Waals surface area contributed by atoms with Crippen molar-refractivity contribution in [1.29, 1.82) is 0 Å². The fourth-order valence-electron chi connectivity index (χ4n) is 2.01. The van der Waals surface area contributed by atoms with Gasteiger partial charge in [-0.3, -0.25) is 4.79 Å². The molecule has 8 heteroatoms. The molecule has 0 spiro atoms. The van der Waals surface area contributed by atoms with Crippen LogP contribution in [0.2, 0.25) is 15.1 Å². The molecule has 0 bridgehead atoms. The number of ether oxygens (including phenoxy) is 3. The van der Waals surface area contributed by atoms with E-state index in [-0.39, 0.29) is 0 Å². The number of rotatable bonds is 6. The molecule has 134 valence electrons. The van der Waals surface area contributed by atoms with Crippen molar-refractivity contribution >= 4 is 46.4 Å². The molecule has 2 aromatic carbocycles. The number of methoxy groups -OCH3 is 2. The van der Waals surface area contributed by atoms with Crippen molar-refractivity contribution < 1.29 is 19.0 Å². The van der Waals surface area contributed by atoms with Gasteiger partial charge >= 0.3 is 0 Å². The molecule has 0 aliphatic carbocycles. The molecule has 5 nitrogen and oxygen atoms in total. The normalized spacial score (nSPS) is 11.6. The summed E-state index contributed by atoms with van der Waals surface area (Å²) < 4.78 is 15.9. The standard InChI is InChI=1S/C17H16Cl3NO4/c1-9(25-14-5-4-10(18)6-11(14)19)17(22)21-13-7-12(20)15(23-2)8-16(13)24-3/h4-9H,1-3H3,(H,21,22)/t9-/m1/s1. The minimum atomic E-state index is -0.816. The second-order valence-corrected chi connectivity index (χ2v) is 6.26. The molecule has 0 aliphatic rings. The zero-order valence-electron chi connectivity index (χ0n) is 13.7. The van der Waals surface area contributed by atoms with E-state index in [1.54, 1.807) is 31.2 Å². The summed E-state index contributed by atoms with van der Waals surface area (Å²) in [6.45, 7) is 1.60. The first kappa shape index (κ1) is 19.5. The van der Waals surface area contributed by atoms with Gasteiger partial charge in [0.2, 0.25) is 0 Å². The van der Waals surface area contributed by atoms with Crippen LogP contribution in [-0.2, 0) is 4.79 Å². The molecule has 0 aromatic heterocycles. The second kappa shape index (κ2) is 8.52. The van der Waals surface area contributed by atoms with Crippen molar-refractivity contribution in [1.82, 2.24) is 0 Å². The predicted molar refractivity (Wildman–Crippen MR) is 99.7 cm³/mol. The van der Waals surface area contributed by atoms with E-state index >= 15 is 0 Å². The van der Waals surface area contributed by atoms with Gasteiger partial charge in [0, 0.05) is 11.1 Å². The van der Waals surface area contributed by atoms with Crippen LogP contribution in [0.15, 0.2) is 30.3 Å². The smallest absolute Gasteiger partial charge is 0.265 e. The van der Waals surface area contributed by atoms with E-state index in [1.165, 1.54) is 20.3 Å². The molecule has 1 atom stereocenters. The average Bonchev–Trinajstić information content (AvgIpc) is 2.57. The summed E-state index contributed by atoms with van der Waals surface area (Å²) in [5.41, 5.74) is 0.399. The fraction of sp³-hybridized carbons (Fsp3) is 0.235. The minimum Gasteiger partial charge on any atom is -0.495 e. The first-order valence-electron chi connectivity index (χ1n) is 7.19. The Morgan fingerprint density at radius 3 is 2.20 bits per heavy atom. The van der Waals surface area contributed by atoms with Crippen LogP contribution in [0.4, 0.5) is 5.69 Å². The summed E-state index contributed by atoms with van der Waals surface area (Å²) in [5.74, 6) is 0.805. The number of hydrogen-bond acceptors (Lipinski definition) is 4. The highest BCUT2D eigenvalue weighted by molar-refractivity contribution is 6.35. The van der Waals surface area contributed by atoms with Gasteiger partial charge in [-0.15, -0.1) is 0 Å².